The predicted octanol–water partition coefficient (Wildman–Crippen LogP) is 4.75. The van der Waals surface area contributed by atoms with Crippen LogP contribution in [0.1, 0.15) is 44.2 Å². The Kier molecular flexibility index (Phi) is 5.35. The molecule has 5 heteroatoms. The van der Waals surface area contributed by atoms with Gasteiger partial charge < -0.3 is 10.6 Å². The van der Waals surface area contributed by atoms with E-state index in [-0.39, 0.29) is 16.6 Å². The van der Waals surface area contributed by atoms with E-state index in [1.807, 2.05) is 14.1 Å². The molecule has 0 bridgehead atoms. The largest absolute Gasteiger partial charge is 0.322 e. The molecule has 118 valence electrons. The first-order valence-corrected chi connectivity index (χ1v) is 8.53. The summed E-state index contributed by atoms with van der Waals surface area (Å²) < 4.78 is 15.1. The van der Waals surface area contributed by atoms with Crippen molar-refractivity contribution in [3.05, 3.63) is 33.0 Å². The second-order valence-electron chi connectivity index (χ2n) is 6.42. The number of hydrogen-bond acceptors (Lipinski definition) is 2. The molecular formula is C16H23BrClFN2. The molecule has 0 radical (unpaired) electrons. The molecule has 2 rings (SSSR count). The lowest BCUT2D eigenvalue weighted by atomic mass is 9.70. The van der Waals surface area contributed by atoms with E-state index in [9.17, 15) is 4.39 Å². The van der Waals surface area contributed by atoms with E-state index in [4.69, 9.17) is 17.3 Å². The third-order valence-corrected chi connectivity index (χ3v) is 6.27. The van der Waals surface area contributed by atoms with Crippen molar-refractivity contribution in [1.29, 1.82) is 0 Å². The Morgan fingerprint density at radius 2 is 1.95 bits per heavy atom. The van der Waals surface area contributed by atoms with Gasteiger partial charge in [-0.3, -0.25) is 0 Å². The van der Waals surface area contributed by atoms with Crippen molar-refractivity contribution in [1.82, 2.24) is 4.90 Å². The Hall–Kier alpha value is -0.160. The first-order chi connectivity index (χ1) is 9.79. The SMILES string of the molecule is CC1CCC(C(N)c2ccc(Br)c(Cl)c2F)(N(C)C)CC1. The molecule has 2 N–H and O–H groups in total. The van der Waals surface area contributed by atoms with Gasteiger partial charge in [0.1, 0.15) is 5.82 Å². The summed E-state index contributed by atoms with van der Waals surface area (Å²) in [5.41, 5.74) is 6.82. The van der Waals surface area contributed by atoms with E-state index in [0.717, 1.165) is 25.7 Å². The van der Waals surface area contributed by atoms with Crippen LogP contribution in [0.5, 0.6) is 0 Å². The van der Waals surface area contributed by atoms with Crippen LogP contribution >= 0.6 is 27.5 Å². The molecule has 1 aliphatic rings. The van der Waals surface area contributed by atoms with Gasteiger partial charge in [0, 0.05) is 15.6 Å². The van der Waals surface area contributed by atoms with Crippen molar-refractivity contribution < 1.29 is 4.39 Å². The Bertz CT molecular complexity index is 513. The van der Waals surface area contributed by atoms with Gasteiger partial charge in [0.15, 0.2) is 0 Å². The van der Waals surface area contributed by atoms with E-state index < -0.39 is 5.82 Å². The van der Waals surface area contributed by atoms with Gasteiger partial charge in [0.2, 0.25) is 0 Å². The normalized spacial score (nSPS) is 27.9. The van der Waals surface area contributed by atoms with Crippen LogP contribution < -0.4 is 5.73 Å². The van der Waals surface area contributed by atoms with Gasteiger partial charge >= 0.3 is 0 Å². The monoisotopic (exact) mass is 376 g/mol. The van der Waals surface area contributed by atoms with E-state index in [2.05, 4.69) is 27.8 Å². The second kappa shape index (κ2) is 6.53. The highest BCUT2D eigenvalue weighted by molar-refractivity contribution is 9.10. The zero-order chi connectivity index (χ0) is 15.8. The van der Waals surface area contributed by atoms with Gasteiger partial charge in [-0.05, 0) is 67.7 Å². The van der Waals surface area contributed by atoms with Crippen molar-refractivity contribution in [3.8, 4) is 0 Å². The highest BCUT2D eigenvalue weighted by atomic mass is 79.9. The van der Waals surface area contributed by atoms with Crippen molar-refractivity contribution in [2.75, 3.05) is 14.1 Å². The van der Waals surface area contributed by atoms with Gasteiger partial charge in [-0.15, -0.1) is 0 Å². The zero-order valence-electron chi connectivity index (χ0n) is 12.8. The standard InChI is InChI=1S/C16H23BrClFN2/c1-10-6-8-16(9-7-10,21(2)3)15(20)11-4-5-12(17)13(18)14(11)19/h4-5,10,15H,6-9,20H2,1-3H3. The van der Waals surface area contributed by atoms with Crippen LogP contribution in [0.3, 0.4) is 0 Å². The first-order valence-electron chi connectivity index (χ1n) is 7.36. The molecule has 1 unspecified atom stereocenters. The number of rotatable bonds is 3. The van der Waals surface area contributed by atoms with Gasteiger partial charge in [-0.2, -0.15) is 0 Å². The number of likely N-dealkylation sites (N-methyl/N-ethyl adjacent to an activating group) is 1. The fourth-order valence-corrected chi connectivity index (χ4v) is 3.85. The van der Waals surface area contributed by atoms with Gasteiger partial charge in [0.05, 0.1) is 11.1 Å². The highest BCUT2D eigenvalue weighted by Crippen LogP contribution is 2.44. The molecule has 1 aromatic rings. The number of halogens is 3. The zero-order valence-corrected chi connectivity index (χ0v) is 15.1. The van der Waals surface area contributed by atoms with Crippen LogP contribution in [0.2, 0.25) is 5.02 Å². The number of hydrogen-bond donors (Lipinski definition) is 1. The quantitative estimate of drug-likeness (QED) is 0.770. The molecular weight excluding hydrogens is 355 g/mol. The molecule has 0 saturated heterocycles. The highest BCUT2D eigenvalue weighted by Gasteiger charge is 2.43. The van der Waals surface area contributed by atoms with Crippen molar-refractivity contribution in [2.24, 2.45) is 11.7 Å². The summed E-state index contributed by atoms with van der Waals surface area (Å²) >= 11 is 9.28. The van der Waals surface area contributed by atoms with Gasteiger partial charge in [-0.1, -0.05) is 24.6 Å². The van der Waals surface area contributed by atoms with Gasteiger partial charge in [0.25, 0.3) is 0 Å². The topological polar surface area (TPSA) is 29.3 Å². The minimum atomic E-state index is -0.404. The molecule has 1 aliphatic carbocycles. The van der Waals surface area contributed by atoms with E-state index >= 15 is 0 Å². The maximum absolute atomic E-state index is 14.5. The molecule has 0 aromatic heterocycles. The number of benzene rings is 1. The maximum Gasteiger partial charge on any atom is 0.147 e. The molecule has 2 nitrogen and oxygen atoms in total. The van der Waals surface area contributed by atoms with Crippen LogP contribution in [0.15, 0.2) is 16.6 Å². The van der Waals surface area contributed by atoms with E-state index in [1.165, 1.54) is 0 Å². The van der Waals surface area contributed by atoms with Crippen molar-refractivity contribution in [3.63, 3.8) is 0 Å². The molecule has 1 aromatic carbocycles. The lowest BCUT2D eigenvalue weighted by molar-refractivity contribution is 0.0553. The summed E-state index contributed by atoms with van der Waals surface area (Å²) in [4.78, 5) is 2.17. The molecule has 1 saturated carbocycles. The summed E-state index contributed by atoms with van der Waals surface area (Å²) in [5, 5.41) is 0.112. The summed E-state index contributed by atoms with van der Waals surface area (Å²) in [6, 6.07) is 3.14. The van der Waals surface area contributed by atoms with E-state index in [0.29, 0.717) is 16.0 Å². The van der Waals surface area contributed by atoms with Gasteiger partial charge in [-0.25, -0.2) is 4.39 Å². The summed E-state index contributed by atoms with van der Waals surface area (Å²) in [6.45, 7) is 2.27. The molecule has 0 amide bonds. The van der Waals surface area contributed by atoms with Crippen molar-refractivity contribution in [2.45, 2.75) is 44.2 Å². The predicted molar refractivity (Wildman–Crippen MR) is 90.1 cm³/mol. The second-order valence-corrected chi connectivity index (χ2v) is 7.66. The lowest BCUT2D eigenvalue weighted by Crippen LogP contribution is -2.54. The maximum atomic E-state index is 14.5. The Balaban J connectivity index is 2.40. The Labute approximate surface area is 140 Å². The summed E-state index contributed by atoms with van der Waals surface area (Å²) in [7, 11) is 4.07. The molecule has 21 heavy (non-hydrogen) atoms. The van der Waals surface area contributed by atoms with Crippen LogP contribution in [0, 0.1) is 11.7 Å². The number of nitrogens with zero attached hydrogens (tertiary/aromatic N) is 1. The van der Waals surface area contributed by atoms with Crippen LogP contribution in [0.4, 0.5) is 4.39 Å². The Morgan fingerprint density at radius 1 is 1.38 bits per heavy atom. The smallest absolute Gasteiger partial charge is 0.147 e. The molecule has 0 spiro atoms. The fraction of sp³-hybridized carbons (Fsp3) is 0.625. The first kappa shape index (κ1) is 17.2. The molecule has 0 aliphatic heterocycles. The average Bonchev–Trinajstić information content (AvgIpc) is 2.45. The summed E-state index contributed by atoms with van der Waals surface area (Å²) in [6.07, 6.45) is 4.21. The van der Waals surface area contributed by atoms with Crippen molar-refractivity contribution >= 4 is 27.5 Å². The third kappa shape index (κ3) is 3.14. The number of nitrogens with two attached hydrogens (primary N) is 1. The van der Waals surface area contributed by atoms with E-state index in [1.54, 1.807) is 12.1 Å². The molecule has 1 fully saturated rings. The lowest BCUT2D eigenvalue weighted by Gasteiger charge is -2.48. The minimum absolute atomic E-state index is 0.112. The fourth-order valence-electron chi connectivity index (χ4n) is 3.37. The third-order valence-electron chi connectivity index (χ3n) is 5.01. The van der Waals surface area contributed by atoms with Crippen LogP contribution in [-0.4, -0.2) is 24.5 Å². The minimum Gasteiger partial charge on any atom is -0.322 e. The molecule has 0 heterocycles. The average molecular weight is 378 g/mol. The summed E-state index contributed by atoms with van der Waals surface area (Å²) in [5.74, 6) is 0.307. The van der Waals surface area contributed by atoms with Crippen LogP contribution in [-0.2, 0) is 0 Å². The Morgan fingerprint density at radius 3 is 2.48 bits per heavy atom. The van der Waals surface area contributed by atoms with Crippen LogP contribution in [0.25, 0.3) is 0 Å². The molecule has 1 atom stereocenters.